The molecule has 0 bridgehead atoms. The molecule has 0 heterocycles. The molecule has 0 amide bonds. The standard InChI is InChI=1S/C18H15S.C12H10OS.ClH/c1-4-10-16(11-5-1)19(17-12-6-2-7-13-17)18-14-8-3-9-15-18;13-14(11-7-3-1-4-8-11)12-9-5-2-6-10-12;/h1-15H;1-10H;1H/q+1;;/p-1. The molecule has 0 aliphatic carbocycles. The Morgan fingerprint density at radius 1 is 0.382 bits per heavy atom. The van der Waals surface area contributed by atoms with E-state index in [4.69, 9.17) is 0 Å². The third-order valence-electron chi connectivity index (χ3n) is 4.85. The highest BCUT2D eigenvalue weighted by Crippen LogP contribution is 2.30. The van der Waals surface area contributed by atoms with Crippen molar-refractivity contribution in [1.29, 1.82) is 0 Å². The Morgan fingerprint density at radius 3 is 0.882 bits per heavy atom. The van der Waals surface area contributed by atoms with Crippen LogP contribution in [0.25, 0.3) is 0 Å². The lowest BCUT2D eigenvalue weighted by atomic mass is 10.4. The van der Waals surface area contributed by atoms with Crippen molar-refractivity contribution in [1.82, 2.24) is 0 Å². The molecule has 0 aliphatic heterocycles. The Balaban J connectivity index is 0.000000193. The van der Waals surface area contributed by atoms with Gasteiger partial charge in [-0.15, -0.1) is 0 Å². The normalized spacial score (nSPS) is 10.2. The fourth-order valence-electron chi connectivity index (χ4n) is 3.30. The van der Waals surface area contributed by atoms with Crippen LogP contribution >= 0.6 is 0 Å². The molecule has 34 heavy (non-hydrogen) atoms. The van der Waals surface area contributed by atoms with E-state index in [1.807, 2.05) is 60.7 Å². The zero-order chi connectivity index (χ0) is 22.7. The molecule has 1 nitrogen and oxygen atoms in total. The van der Waals surface area contributed by atoms with Crippen LogP contribution < -0.4 is 12.4 Å². The smallest absolute Gasteiger partial charge is 0.166 e. The molecular formula is C30H25ClOS2. The minimum Gasteiger partial charge on any atom is -1.00 e. The van der Waals surface area contributed by atoms with Crippen molar-refractivity contribution in [3.05, 3.63) is 152 Å². The summed E-state index contributed by atoms with van der Waals surface area (Å²) < 4.78 is 12.0. The van der Waals surface area contributed by atoms with Gasteiger partial charge in [0.2, 0.25) is 0 Å². The third-order valence-corrected chi connectivity index (χ3v) is 8.48. The lowest BCUT2D eigenvalue weighted by Crippen LogP contribution is -3.00. The molecule has 5 aromatic carbocycles. The van der Waals surface area contributed by atoms with Gasteiger partial charge in [0.05, 0.1) is 21.7 Å². The first kappa shape index (κ1) is 25.5. The average Bonchev–Trinajstić information content (AvgIpc) is 2.92. The van der Waals surface area contributed by atoms with Crippen LogP contribution in [0.4, 0.5) is 0 Å². The van der Waals surface area contributed by atoms with Gasteiger partial charge in [-0.3, -0.25) is 0 Å². The fourth-order valence-corrected chi connectivity index (χ4v) is 6.49. The molecule has 5 rings (SSSR count). The first-order valence-electron chi connectivity index (χ1n) is 10.7. The van der Waals surface area contributed by atoms with E-state index in [-0.39, 0.29) is 23.3 Å². The molecule has 0 saturated carbocycles. The Hall–Kier alpha value is -3.11. The van der Waals surface area contributed by atoms with E-state index in [1.165, 1.54) is 14.7 Å². The van der Waals surface area contributed by atoms with Crippen molar-refractivity contribution >= 4 is 21.7 Å². The van der Waals surface area contributed by atoms with Crippen molar-refractivity contribution in [3.8, 4) is 0 Å². The van der Waals surface area contributed by atoms with Crippen molar-refractivity contribution in [3.63, 3.8) is 0 Å². The molecule has 5 aromatic rings. The van der Waals surface area contributed by atoms with Gasteiger partial charge in [-0.25, -0.2) is 4.21 Å². The monoisotopic (exact) mass is 500 g/mol. The van der Waals surface area contributed by atoms with Crippen LogP contribution in [-0.4, -0.2) is 4.21 Å². The second-order valence-corrected chi connectivity index (χ2v) is 10.6. The van der Waals surface area contributed by atoms with Gasteiger partial charge in [0.1, 0.15) is 0 Å². The SMILES string of the molecule is O=S(c1ccccc1)c1ccccc1.[Cl-].c1ccc([S+](c2ccccc2)c2ccccc2)cc1. The van der Waals surface area contributed by atoms with Gasteiger partial charge in [-0.05, 0) is 60.7 Å². The first-order valence-corrected chi connectivity index (χ1v) is 13.1. The number of benzene rings is 5. The number of hydrogen-bond acceptors (Lipinski definition) is 1. The quantitative estimate of drug-likeness (QED) is 0.321. The Bertz CT molecular complexity index is 1110. The predicted octanol–water partition coefficient (Wildman–Crippen LogP) is 4.64. The zero-order valence-electron chi connectivity index (χ0n) is 18.5. The highest BCUT2D eigenvalue weighted by atomic mass is 35.5. The largest absolute Gasteiger partial charge is 1.00 e. The van der Waals surface area contributed by atoms with Gasteiger partial charge in [-0.1, -0.05) is 91.0 Å². The molecule has 0 spiro atoms. The number of hydrogen-bond donors (Lipinski definition) is 0. The summed E-state index contributed by atoms with van der Waals surface area (Å²) in [5, 5.41) is 0. The van der Waals surface area contributed by atoms with Crippen LogP contribution in [0.15, 0.2) is 176 Å². The topological polar surface area (TPSA) is 17.1 Å². The summed E-state index contributed by atoms with van der Waals surface area (Å²) in [5.41, 5.74) is 0. The van der Waals surface area contributed by atoms with Crippen molar-refractivity contribution in [2.45, 2.75) is 24.5 Å². The van der Waals surface area contributed by atoms with Gasteiger partial charge in [-0.2, -0.15) is 0 Å². The molecule has 4 heteroatoms. The van der Waals surface area contributed by atoms with E-state index >= 15 is 0 Å². The van der Waals surface area contributed by atoms with E-state index < -0.39 is 10.8 Å². The van der Waals surface area contributed by atoms with Crippen LogP contribution in [0, 0.1) is 0 Å². The van der Waals surface area contributed by atoms with Crippen molar-refractivity contribution in [2.24, 2.45) is 0 Å². The van der Waals surface area contributed by atoms with Crippen LogP contribution in [0.1, 0.15) is 0 Å². The lowest BCUT2D eigenvalue weighted by molar-refractivity contribution is -0.00000747. The number of rotatable bonds is 5. The fraction of sp³-hybridized carbons (Fsp3) is 0. The maximum absolute atomic E-state index is 12.0. The van der Waals surface area contributed by atoms with Gasteiger partial charge in [0.15, 0.2) is 14.7 Å². The second kappa shape index (κ2) is 13.6. The van der Waals surface area contributed by atoms with Crippen molar-refractivity contribution < 1.29 is 16.6 Å². The van der Waals surface area contributed by atoms with Crippen LogP contribution in [0.5, 0.6) is 0 Å². The Kier molecular flexibility index (Phi) is 10.2. The van der Waals surface area contributed by atoms with E-state index in [2.05, 4.69) is 91.0 Å². The molecule has 0 aromatic heterocycles. The highest BCUT2D eigenvalue weighted by molar-refractivity contribution is 7.97. The Morgan fingerprint density at radius 2 is 0.618 bits per heavy atom. The summed E-state index contributed by atoms with van der Waals surface area (Å²) in [7, 11) is -1.06. The van der Waals surface area contributed by atoms with E-state index in [9.17, 15) is 4.21 Å². The third kappa shape index (κ3) is 6.94. The maximum atomic E-state index is 12.0. The predicted molar refractivity (Wildman–Crippen MR) is 139 cm³/mol. The average molecular weight is 501 g/mol. The summed E-state index contributed by atoms with van der Waals surface area (Å²) in [6.07, 6.45) is 0. The lowest BCUT2D eigenvalue weighted by Gasteiger charge is -2.07. The highest BCUT2D eigenvalue weighted by Gasteiger charge is 2.27. The molecule has 0 saturated heterocycles. The van der Waals surface area contributed by atoms with Crippen LogP contribution in [-0.2, 0) is 21.7 Å². The summed E-state index contributed by atoms with van der Waals surface area (Å²) in [5.74, 6) is 0. The van der Waals surface area contributed by atoms with Crippen molar-refractivity contribution in [2.75, 3.05) is 0 Å². The second-order valence-electron chi connectivity index (χ2n) is 7.14. The number of halogens is 1. The molecule has 0 unspecified atom stereocenters. The summed E-state index contributed by atoms with van der Waals surface area (Å²) in [6, 6.07) is 51.1. The Labute approximate surface area is 213 Å². The molecule has 0 aliphatic rings. The first-order chi connectivity index (χ1) is 16.3. The molecule has 0 radical (unpaired) electrons. The van der Waals surface area contributed by atoms with Gasteiger partial charge < -0.3 is 12.4 Å². The molecule has 0 N–H and O–H groups in total. The van der Waals surface area contributed by atoms with Crippen LogP contribution in [0.2, 0.25) is 0 Å². The van der Waals surface area contributed by atoms with E-state index in [0.29, 0.717) is 0 Å². The molecule has 170 valence electrons. The van der Waals surface area contributed by atoms with Gasteiger partial charge >= 0.3 is 0 Å². The minimum atomic E-state index is -1.05. The minimum absolute atomic E-state index is 0. The molecule has 0 fully saturated rings. The summed E-state index contributed by atoms with van der Waals surface area (Å²) >= 11 is 0. The molecule has 0 atom stereocenters. The summed E-state index contributed by atoms with van der Waals surface area (Å²) in [6.45, 7) is 0. The maximum Gasteiger partial charge on any atom is 0.166 e. The van der Waals surface area contributed by atoms with E-state index in [0.717, 1.165) is 9.79 Å². The van der Waals surface area contributed by atoms with E-state index in [1.54, 1.807) is 0 Å². The summed E-state index contributed by atoms with van der Waals surface area (Å²) in [4.78, 5) is 5.78. The molecular weight excluding hydrogens is 476 g/mol. The van der Waals surface area contributed by atoms with Gasteiger partial charge in [0, 0.05) is 9.79 Å². The zero-order valence-corrected chi connectivity index (χ0v) is 20.9. The van der Waals surface area contributed by atoms with Crippen LogP contribution in [0.3, 0.4) is 0 Å². The van der Waals surface area contributed by atoms with Gasteiger partial charge in [0.25, 0.3) is 0 Å².